The van der Waals surface area contributed by atoms with Crippen molar-refractivity contribution in [2.75, 3.05) is 25.5 Å². The number of hydrogen-bond acceptors (Lipinski definition) is 8. The Morgan fingerprint density at radius 3 is 2.62 bits per heavy atom. The Bertz CT molecular complexity index is 1990. The number of amides is 1. The molecule has 2 aromatic heterocycles. The summed E-state index contributed by atoms with van der Waals surface area (Å²) in [6.45, 7) is 10.3. The van der Waals surface area contributed by atoms with Crippen molar-refractivity contribution in [1.29, 1.82) is 0 Å². The molecule has 1 aliphatic heterocycles. The zero-order valence-corrected chi connectivity index (χ0v) is 32.3. The Hall–Kier alpha value is -4.70. The summed E-state index contributed by atoms with van der Waals surface area (Å²) in [4.78, 5) is 22.8. The predicted molar refractivity (Wildman–Crippen MR) is 213 cm³/mol. The number of carbonyl (C=O) groups is 1. The van der Waals surface area contributed by atoms with Crippen LogP contribution in [0.25, 0.3) is 5.65 Å². The van der Waals surface area contributed by atoms with Crippen molar-refractivity contribution in [3.05, 3.63) is 95.3 Å². The molecule has 1 spiro atoms. The van der Waals surface area contributed by atoms with Gasteiger partial charge in [-0.3, -0.25) is 9.20 Å². The largest absolute Gasteiger partial charge is 0.484 e. The fourth-order valence-electron chi connectivity index (χ4n) is 8.26. The molecule has 3 N–H and O–H groups in total. The molecule has 1 saturated carbocycles. The predicted octanol–water partition coefficient (Wildman–Crippen LogP) is 7.86. The van der Waals surface area contributed by atoms with E-state index in [1.165, 1.54) is 36.0 Å². The number of nitrogens with two attached hydrogens (primary N) is 1. The molecular weight excluding hydrogens is 661 g/mol. The molecule has 3 heterocycles. The smallest absolute Gasteiger partial charge is 0.232 e. The molecule has 280 valence electrons. The van der Waals surface area contributed by atoms with Crippen molar-refractivity contribution in [2.45, 2.75) is 103 Å². The first-order valence-electron chi connectivity index (χ1n) is 19.4. The second-order valence-corrected chi connectivity index (χ2v) is 16.8. The first-order chi connectivity index (χ1) is 25.4. The minimum Gasteiger partial charge on any atom is -0.484 e. The third-order valence-electron chi connectivity index (χ3n) is 11.5. The second kappa shape index (κ2) is 15.0. The number of amidine groups is 1. The molecule has 2 aliphatic carbocycles. The van der Waals surface area contributed by atoms with E-state index >= 15 is 0 Å². The average molecular weight is 717 g/mol. The minimum atomic E-state index is -0.254. The molecule has 53 heavy (non-hydrogen) atoms. The van der Waals surface area contributed by atoms with E-state index in [1.54, 1.807) is 6.08 Å². The van der Waals surface area contributed by atoms with Gasteiger partial charge in [-0.25, -0.2) is 4.99 Å². The van der Waals surface area contributed by atoms with E-state index in [-0.39, 0.29) is 22.8 Å². The number of pyridine rings is 1. The highest BCUT2D eigenvalue weighted by atomic mass is 16.5. The number of aromatic nitrogens is 3. The molecule has 1 saturated heterocycles. The van der Waals surface area contributed by atoms with Crippen LogP contribution in [-0.2, 0) is 16.8 Å². The number of aliphatic imine (C=N–C) groups is 1. The SMILES string of the molecule is C[C@H]1CCCCN1c1nnc2ccc(O[C@@H]3CC[C@]4(C[C@@H]4CCC(=O)NC(C=C(N)C(C)(C)C)=Nc4ccc(CN(C)C)cc4)c4ccccc43)cn12. The van der Waals surface area contributed by atoms with Gasteiger partial charge in [0.25, 0.3) is 0 Å². The van der Waals surface area contributed by atoms with E-state index in [9.17, 15) is 4.79 Å². The van der Waals surface area contributed by atoms with Crippen LogP contribution in [0, 0.1) is 11.3 Å². The summed E-state index contributed by atoms with van der Waals surface area (Å²) < 4.78 is 8.85. The van der Waals surface area contributed by atoms with Gasteiger partial charge in [-0.2, -0.15) is 0 Å². The summed E-state index contributed by atoms with van der Waals surface area (Å²) in [5.74, 6) is 2.59. The van der Waals surface area contributed by atoms with Gasteiger partial charge in [0.05, 0.1) is 11.9 Å². The molecule has 10 heteroatoms. The van der Waals surface area contributed by atoms with Gasteiger partial charge in [0.1, 0.15) is 17.7 Å². The molecule has 7 rings (SSSR count). The molecule has 3 aliphatic rings. The number of anilines is 1. The van der Waals surface area contributed by atoms with E-state index in [2.05, 4.69) is 114 Å². The van der Waals surface area contributed by atoms with Crippen LogP contribution in [0.2, 0.25) is 0 Å². The standard InChI is InChI=1S/C43H56N8O2/c1-29-11-9-10-24-50(29)41-48-47-39-20-19-33(28-51(39)41)53-36-22-23-43(35-13-8-7-12-34(35)36)26-31(43)16-21-40(52)46-38(25-37(44)42(2,3)4)45-32-17-14-30(15-18-32)27-49(5)6/h7-8,12-15,17-20,25,28-29,31,36H,9-11,16,21-24,26-27,44H2,1-6H3,(H,45,46,52)/t29-,31-,36+,43+/m0/s1. The number of nitrogens with zero attached hydrogens (tertiary/aromatic N) is 6. The first-order valence-corrected chi connectivity index (χ1v) is 19.4. The van der Waals surface area contributed by atoms with Gasteiger partial charge in [0.15, 0.2) is 5.65 Å². The molecule has 0 unspecified atom stereocenters. The van der Waals surface area contributed by atoms with Crippen molar-refractivity contribution < 1.29 is 9.53 Å². The normalized spacial score (nSPS) is 23.4. The maximum Gasteiger partial charge on any atom is 0.232 e. The highest BCUT2D eigenvalue weighted by Gasteiger charge is 2.57. The Labute approximate surface area is 314 Å². The van der Waals surface area contributed by atoms with Crippen LogP contribution in [0.3, 0.4) is 0 Å². The van der Waals surface area contributed by atoms with E-state index in [4.69, 9.17) is 15.5 Å². The molecule has 0 bridgehead atoms. The van der Waals surface area contributed by atoms with Crippen LogP contribution in [0.5, 0.6) is 5.75 Å². The Kier molecular flexibility index (Phi) is 10.4. The zero-order valence-electron chi connectivity index (χ0n) is 32.3. The number of allylic oxidation sites excluding steroid dienone is 1. The molecule has 2 fully saturated rings. The van der Waals surface area contributed by atoms with Crippen LogP contribution < -0.4 is 20.7 Å². The Balaban J connectivity index is 1.02. The van der Waals surface area contributed by atoms with Crippen LogP contribution >= 0.6 is 0 Å². The van der Waals surface area contributed by atoms with Gasteiger partial charge in [-0.15, -0.1) is 10.2 Å². The molecule has 4 atom stereocenters. The number of carbonyl (C=O) groups excluding carboxylic acids is 1. The summed E-state index contributed by atoms with van der Waals surface area (Å²) in [6.07, 6.45) is 11.7. The molecule has 0 radical (unpaired) electrons. The van der Waals surface area contributed by atoms with Crippen LogP contribution in [0.1, 0.15) is 102 Å². The first kappa shape index (κ1) is 36.6. The molecule has 2 aromatic carbocycles. The van der Waals surface area contributed by atoms with Crippen molar-refractivity contribution in [3.8, 4) is 5.75 Å². The van der Waals surface area contributed by atoms with E-state index < -0.39 is 0 Å². The Morgan fingerprint density at radius 2 is 1.87 bits per heavy atom. The number of nitrogens with one attached hydrogen (secondary N) is 1. The van der Waals surface area contributed by atoms with Gasteiger partial charge in [0, 0.05) is 42.7 Å². The maximum atomic E-state index is 13.5. The summed E-state index contributed by atoms with van der Waals surface area (Å²) in [5, 5.41) is 12.1. The summed E-state index contributed by atoms with van der Waals surface area (Å²) in [5.41, 5.74) is 12.4. The number of hydrogen-bond donors (Lipinski definition) is 2. The second-order valence-electron chi connectivity index (χ2n) is 16.8. The molecule has 1 amide bonds. The van der Waals surface area contributed by atoms with Crippen molar-refractivity contribution in [1.82, 2.24) is 24.8 Å². The summed E-state index contributed by atoms with van der Waals surface area (Å²) >= 11 is 0. The topological polar surface area (TPSA) is 113 Å². The zero-order chi connectivity index (χ0) is 37.3. The highest BCUT2D eigenvalue weighted by Crippen LogP contribution is 2.63. The van der Waals surface area contributed by atoms with Crippen molar-refractivity contribution >= 4 is 29.0 Å². The molecule has 10 nitrogen and oxygen atoms in total. The lowest BCUT2D eigenvalue weighted by Crippen LogP contribution is -2.38. The fraction of sp³-hybridized carbons (Fsp3) is 0.488. The van der Waals surface area contributed by atoms with Gasteiger partial charge >= 0.3 is 0 Å². The third kappa shape index (κ3) is 8.12. The average Bonchev–Trinajstić information content (AvgIpc) is 3.67. The summed E-state index contributed by atoms with van der Waals surface area (Å²) in [6, 6.07) is 21.3. The lowest BCUT2D eigenvalue weighted by atomic mass is 9.76. The van der Waals surface area contributed by atoms with Crippen LogP contribution in [-0.4, -0.2) is 57.9 Å². The number of ether oxygens (including phenoxy) is 1. The van der Waals surface area contributed by atoms with E-state index in [1.807, 2.05) is 24.3 Å². The lowest BCUT2D eigenvalue weighted by Gasteiger charge is -2.34. The number of benzene rings is 2. The fourth-order valence-corrected chi connectivity index (χ4v) is 8.26. The summed E-state index contributed by atoms with van der Waals surface area (Å²) in [7, 11) is 4.10. The third-order valence-corrected chi connectivity index (χ3v) is 11.5. The lowest BCUT2D eigenvalue weighted by molar-refractivity contribution is -0.119. The van der Waals surface area contributed by atoms with Gasteiger partial charge in [0.2, 0.25) is 11.9 Å². The maximum absolute atomic E-state index is 13.5. The van der Waals surface area contributed by atoms with Crippen molar-refractivity contribution in [3.63, 3.8) is 0 Å². The minimum absolute atomic E-state index is 0.0385. The Morgan fingerprint density at radius 1 is 1.08 bits per heavy atom. The number of fused-ring (bicyclic) bond motifs is 3. The van der Waals surface area contributed by atoms with Crippen molar-refractivity contribution in [2.24, 2.45) is 22.1 Å². The quantitative estimate of drug-likeness (QED) is 0.127. The molecular formula is C43H56N8O2. The van der Waals surface area contributed by atoms with E-state index in [0.29, 0.717) is 29.9 Å². The highest BCUT2D eigenvalue weighted by molar-refractivity contribution is 6.05. The van der Waals surface area contributed by atoms with Crippen LogP contribution in [0.4, 0.5) is 11.6 Å². The monoisotopic (exact) mass is 716 g/mol. The van der Waals surface area contributed by atoms with E-state index in [0.717, 1.165) is 61.8 Å². The van der Waals surface area contributed by atoms with Gasteiger partial charge in [-0.1, -0.05) is 57.2 Å². The number of piperidine rings is 1. The number of rotatable bonds is 10. The van der Waals surface area contributed by atoms with Crippen LogP contribution in [0.15, 0.2) is 83.6 Å². The van der Waals surface area contributed by atoms with Gasteiger partial charge in [-0.05, 0) is 118 Å². The molecule has 4 aromatic rings. The van der Waals surface area contributed by atoms with Gasteiger partial charge < -0.3 is 25.6 Å².